The van der Waals surface area contributed by atoms with Crippen LogP contribution in [0.25, 0.3) is 0 Å². The predicted molar refractivity (Wildman–Crippen MR) is 72.9 cm³/mol. The molecular weight excluding hydrogens is 226 g/mol. The molecule has 0 radical (unpaired) electrons. The lowest BCUT2D eigenvalue weighted by atomic mass is 10.1. The van der Waals surface area contributed by atoms with Crippen LogP contribution in [0.3, 0.4) is 0 Å². The van der Waals surface area contributed by atoms with Gasteiger partial charge in [0.15, 0.2) is 0 Å². The van der Waals surface area contributed by atoms with Crippen LogP contribution in [0.15, 0.2) is 48.5 Å². The molecule has 3 nitrogen and oxygen atoms in total. The van der Waals surface area contributed by atoms with Crippen molar-refractivity contribution in [1.29, 1.82) is 0 Å². The molecule has 0 amide bonds. The Hall–Kier alpha value is -2.16. The second kappa shape index (κ2) is 5.45. The van der Waals surface area contributed by atoms with Crippen LogP contribution in [0.5, 0.6) is 11.5 Å². The molecule has 2 aromatic carbocycles. The number of anilines is 1. The van der Waals surface area contributed by atoms with Crippen LogP contribution in [0.2, 0.25) is 0 Å². The average molecular weight is 243 g/mol. The summed E-state index contributed by atoms with van der Waals surface area (Å²) in [6.07, 6.45) is -0.120. The van der Waals surface area contributed by atoms with Gasteiger partial charge in [-0.25, -0.2) is 0 Å². The molecule has 3 heteroatoms. The Morgan fingerprint density at radius 1 is 0.944 bits per heavy atom. The van der Waals surface area contributed by atoms with Gasteiger partial charge in [-0.3, -0.25) is 0 Å². The van der Waals surface area contributed by atoms with Crippen LogP contribution in [0.4, 0.5) is 5.69 Å². The first-order valence-electron chi connectivity index (χ1n) is 5.86. The van der Waals surface area contributed by atoms with Crippen LogP contribution in [-0.4, -0.2) is 7.11 Å². The lowest BCUT2D eigenvalue weighted by molar-refractivity contribution is 0.222. The van der Waals surface area contributed by atoms with Gasteiger partial charge in [0.05, 0.1) is 12.8 Å². The fourth-order valence-corrected chi connectivity index (χ4v) is 1.84. The van der Waals surface area contributed by atoms with E-state index in [0.717, 1.165) is 11.3 Å². The Bertz CT molecular complexity index is 525. The summed E-state index contributed by atoms with van der Waals surface area (Å²) < 4.78 is 11.2. The van der Waals surface area contributed by atoms with Gasteiger partial charge in [-0.05, 0) is 25.1 Å². The summed E-state index contributed by atoms with van der Waals surface area (Å²) in [4.78, 5) is 0. The van der Waals surface area contributed by atoms with Crippen LogP contribution in [0.1, 0.15) is 18.6 Å². The SMILES string of the molecule is COc1ccccc1C(C)Oc1ccccc1N. The molecule has 2 N–H and O–H groups in total. The Morgan fingerprint density at radius 3 is 2.22 bits per heavy atom. The minimum atomic E-state index is -0.120. The molecule has 2 rings (SSSR count). The Morgan fingerprint density at radius 2 is 1.56 bits per heavy atom. The van der Waals surface area contributed by atoms with E-state index >= 15 is 0 Å². The van der Waals surface area contributed by atoms with Gasteiger partial charge in [-0.2, -0.15) is 0 Å². The fraction of sp³-hybridized carbons (Fsp3) is 0.200. The number of hydrogen-bond acceptors (Lipinski definition) is 3. The van der Waals surface area contributed by atoms with Crippen molar-refractivity contribution in [2.45, 2.75) is 13.0 Å². The third kappa shape index (κ3) is 2.56. The molecule has 0 bridgehead atoms. The summed E-state index contributed by atoms with van der Waals surface area (Å²) >= 11 is 0. The van der Waals surface area contributed by atoms with Crippen molar-refractivity contribution < 1.29 is 9.47 Å². The fourth-order valence-electron chi connectivity index (χ4n) is 1.84. The lowest BCUT2D eigenvalue weighted by Crippen LogP contribution is -2.06. The van der Waals surface area contributed by atoms with Crippen LogP contribution in [-0.2, 0) is 0 Å². The normalized spacial score (nSPS) is 11.9. The quantitative estimate of drug-likeness (QED) is 0.837. The summed E-state index contributed by atoms with van der Waals surface area (Å²) in [7, 11) is 1.66. The van der Waals surface area contributed by atoms with Gasteiger partial charge in [0.1, 0.15) is 17.6 Å². The maximum Gasteiger partial charge on any atom is 0.143 e. The van der Waals surface area contributed by atoms with Gasteiger partial charge in [-0.1, -0.05) is 30.3 Å². The van der Waals surface area contributed by atoms with Crippen molar-refractivity contribution in [3.8, 4) is 11.5 Å². The molecule has 0 saturated carbocycles. The molecule has 0 saturated heterocycles. The van der Waals surface area contributed by atoms with Gasteiger partial charge in [0.2, 0.25) is 0 Å². The number of nitrogens with two attached hydrogens (primary N) is 1. The van der Waals surface area contributed by atoms with Gasteiger partial charge < -0.3 is 15.2 Å². The minimum Gasteiger partial charge on any atom is -0.496 e. The van der Waals surface area contributed by atoms with E-state index in [0.29, 0.717) is 11.4 Å². The molecule has 0 aliphatic rings. The number of para-hydroxylation sites is 3. The summed E-state index contributed by atoms with van der Waals surface area (Å²) in [5.74, 6) is 1.51. The molecule has 94 valence electrons. The van der Waals surface area contributed by atoms with E-state index in [1.807, 2.05) is 55.5 Å². The van der Waals surface area contributed by atoms with Crippen molar-refractivity contribution in [3.05, 3.63) is 54.1 Å². The second-order valence-corrected chi connectivity index (χ2v) is 4.04. The molecule has 18 heavy (non-hydrogen) atoms. The lowest BCUT2D eigenvalue weighted by Gasteiger charge is -2.18. The standard InChI is InChI=1S/C15H17NO2/c1-11(12-7-3-5-9-14(12)17-2)18-15-10-6-4-8-13(15)16/h3-11H,16H2,1-2H3. The topological polar surface area (TPSA) is 44.5 Å². The number of benzene rings is 2. The van der Waals surface area contributed by atoms with Crippen LogP contribution in [0, 0.1) is 0 Å². The molecule has 0 fully saturated rings. The first kappa shape index (κ1) is 12.3. The molecule has 0 aliphatic carbocycles. The maximum absolute atomic E-state index is 5.87. The Kier molecular flexibility index (Phi) is 3.72. The Labute approximate surface area is 107 Å². The van der Waals surface area contributed by atoms with E-state index in [-0.39, 0.29) is 6.10 Å². The van der Waals surface area contributed by atoms with Crippen molar-refractivity contribution in [1.82, 2.24) is 0 Å². The van der Waals surface area contributed by atoms with E-state index in [9.17, 15) is 0 Å². The smallest absolute Gasteiger partial charge is 0.143 e. The molecule has 0 spiro atoms. The van der Waals surface area contributed by atoms with Crippen molar-refractivity contribution >= 4 is 5.69 Å². The minimum absolute atomic E-state index is 0.120. The monoisotopic (exact) mass is 243 g/mol. The second-order valence-electron chi connectivity index (χ2n) is 4.04. The largest absolute Gasteiger partial charge is 0.496 e. The van der Waals surface area contributed by atoms with E-state index in [1.165, 1.54) is 0 Å². The number of ether oxygens (including phenoxy) is 2. The van der Waals surface area contributed by atoms with Gasteiger partial charge >= 0.3 is 0 Å². The molecule has 1 unspecified atom stereocenters. The highest BCUT2D eigenvalue weighted by Crippen LogP contribution is 2.30. The third-order valence-corrected chi connectivity index (χ3v) is 2.80. The first-order chi connectivity index (χ1) is 8.72. The predicted octanol–water partition coefficient (Wildman–Crippen LogP) is 3.42. The zero-order chi connectivity index (χ0) is 13.0. The molecule has 0 aromatic heterocycles. The van der Waals surface area contributed by atoms with Gasteiger partial charge in [0, 0.05) is 5.56 Å². The zero-order valence-corrected chi connectivity index (χ0v) is 10.6. The highest BCUT2D eigenvalue weighted by Gasteiger charge is 2.13. The molecule has 1 atom stereocenters. The maximum atomic E-state index is 5.87. The van der Waals surface area contributed by atoms with Crippen LogP contribution >= 0.6 is 0 Å². The molecule has 0 heterocycles. The summed E-state index contributed by atoms with van der Waals surface area (Å²) in [5, 5.41) is 0. The van der Waals surface area contributed by atoms with Crippen LogP contribution < -0.4 is 15.2 Å². The number of methoxy groups -OCH3 is 1. The molecular formula is C15H17NO2. The first-order valence-corrected chi connectivity index (χ1v) is 5.86. The zero-order valence-electron chi connectivity index (χ0n) is 10.6. The van der Waals surface area contributed by atoms with Crippen molar-refractivity contribution in [3.63, 3.8) is 0 Å². The third-order valence-electron chi connectivity index (χ3n) is 2.80. The molecule has 0 aliphatic heterocycles. The number of rotatable bonds is 4. The highest BCUT2D eigenvalue weighted by atomic mass is 16.5. The van der Waals surface area contributed by atoms with E-state index in [2.05, 4.69) is 0 Å². The summed E-state index contributed by atoms with van der Waals surface area (Å²) in [6, 6.07) is 15.3. The van der Waals surface area contributed by atoms with E-state index in [4.69, 9.17) is 15.2 Å². The number of hydrogen-bond donors (Lipinski definition) is 1. The van der Waals surface area contributed by atoms with Gasteiger partial charge in [0.25, 0.3) is 0 Å². The van der Waals surface area contributed by atoms with E-state index in [1.54, 1.807) is 7.11 Å². The summed E-state index contributed by atoms with van der Waals surface area (Å²) in [5.41, 5.74) is 7.50. The van der Waals surface area contributed by atoms with Crippen molar-refractivity contribution in [2.24, 2.45) is 0 Å². The highest BCUT2D eigenvalue weighted by molar-refractivity contribution is 5.52. The number of nitrogen functional groups attached to an aromatic ring is 1. The van der Waals surface area contributed by atoms with Gasteiger partial charge in [-0.15, -0.1) is 0 Å². The van der Waals surface area contributed by atoms with Crippen molar-refractivity contribution in [2.75, 3.05) is 12.8 Å². The Balaban J connectivity index is 2.22. The van der Waals surface area contributed by atoms with E-state index < -0.39 is 0 Å². The average Bonchev–Trinajstić information content (AvgIpc) is 2.41. The summed E-state index contributed by atoms with van der Waals surface area (Å²) in [6.45, 7) is 1.98. The molecule has 2 aromatic rings.